The zero-order valence-electron chi connectivity index (χ0n) is 8.77. The fourth-order valence-corrected chi connectivity index (χ4v) is 1.62. The Hall–Kier alpha value is -1.97. The highest BCUT2D eigenvalue weighted by atomic mass is 16.5. The molecule has 2 N–H and O–H groups in total. The maximum atomic E-state index is 5.67. The average molecular weight is 203 g/mol. The minimum Gasteiger partial charge on any atom is -0.480 e. The summed E-state index contributed by atoms with van der Waals surface area (Å²) >= 11 is 0. The van der Waals surface area contributed by atoms with Crippen LogP contribution < -0.4 is 10.6 Å². The minimum atomic E-state index is 0.592. The predicted molar refractivity (Wildman–Crippen MR) is 59.1 cm³/mol. The van der Waals surface area contributed by atoms with Crippen LogP contribution in [0.25, 0.3) is 11.3 Å². The molecule has 0 radical (unpaired) electrons. The van der Waals surface area contributed by atoms with Crippen molar-refractivity contribution in [3.63, 3.8) is 0 Å². The van der Waals surface area contributed by atoms with Crippen molar-refractivity contribution in [3.8, 4) is 17.1 Å². The number of methoxy groups -OCH3 is 1. The topological polar surface area (TPSA) is 53.1 Å². The van der Waals surface area contributed by atoms with E-state index in [-0.39, 0.29) is 0 Å². The van der Waals surface area contributed by atoms with E-state index in [4.69, 9.17) is 10.6 Å². The molecular formula is C11H13N3O. The maximum absolute atomic E-state index is 5.67. The van der Waals surface area contributed by atoms with Crippen molar-refractivity contribution in [3.05, 3.63) is 35.9 Å². The zero-order valence-corrected chi connectivity index (χ0v) is 8.77. The molecule has 4 heteroatoms. The SMILES string of the molecule is COc1c(C)c(-c2ccccc2)nn1N. The summed E-state index contributed by atoms with van der Waals surface area (Å²) in [5.74, 6) is 6.26. The number of rotatable bonds is 2. The molecular weight excluding hydrogens is 190 g/mol. The highest BCUT2D eigenvalue weighted by molar-refractivity contribution is 5.64. The molecule has 0 aliphatic heterocycles. The Kier molecular flexibility index (Phi) is 2.33. The van der Waals surface area contributed by atoms with Gasteiger partial charge in [-0.25, -0.2) is 0 Å². The Morgan fingerprint density at radius 1 is 1.27 bits per heavy atom. The first-order valence-electron chi connectivity index (χ1n) is 4.68. The third kappa shape index (κ3) is 1.54. The first kappa shape index (κ1) is 9.58. The third-order valence-corrected chi connectivity index (χ3v) is 2.33. The Labute approximate surface area is 88.2 Å². The van der Waals surface area contributed by atoms with E-state index in [1.165, 1.54) is 4.79 Å². The molecule has 0 saturated heterocycles. The number of benzene rings is 1. The van der Waals surface area contributed by atoms with Crippen LogP contribution >= 0.6 is 0 Å². The number of nitrogen functional groups attached to an aromatic ring is 1. The van der Waals surface area contributed by atoms with Crippen molar-refractivity contribution in [1.82, 2.24) is 9.89 Å². The molecule has 1 aromatic carbocycles. The van der Waals surface area contributed by atoms with Crippen LogP contribution in [0.4, 0.5) is 0 Å². The molecule has 0 unspecified atom stereocenters. The van der Waals surface area contributed by atoms with Crippen LogP contribution in [-0.2, 0) is 0 Å². The van der Waals surface area contributed by atoms with E-state index < -0.39 is 0 Å². The molecule has 78 valence electrons. The van der Waals surface area contributed by atoms with Gasteiger partial charge in [-0.1, -0.05) is 30.3 Å². The normalized spacial score (nSPS) is 10.3. The summed E-state index contributed by atoms with van der Waals surface area (Å²) in [6.45, 7) is 1.94. The molecule has 0 atom stereocenters. The Morgan fingerprint density at radius 3 is 2.47 bits per heavy atom. The average Bonchev–Trinajstić information content (AvgIpc) is 2.55. The second-order valence-electron chi connectivity index (χ2n) is 3.29. The molecule has 1 heterocycles. The van der Waals surface area contributed by atoms with Crippen molar-refractivity contribution < 1.29 is 4.74 Å². The molecule has 0 saturated carbocycles. The van der Waals surface area contributed by atoms with E-state index >= 15 is 0 Å². The van der Waals surface area contributed by atoms with Crippen LogP contribution in [0.5, 0.6) is 5.88 Å². The van der Waals surface area contributed by atoms with Crippen LogP contribution in [0.1, 0.15) is 5.56 Å². The largest absolute Gasteiger partial charge is 0.480 e. The van der Waals surface area contributed by atoms with Crippen LogP contribution in [0.15, 0.2) is 30.3 Å². The number of nitrogens with zero attached hydrogens (tertiary/aromatic N) is 2. The van der Waals surface area contributed by atoms with E-state index in [1.807, 2.05) is 37.3 Å². The monoisotopic (exact) mass is 203 g/mol. The summed E-state index contributed by atoms with van der Waals surface area (Å²) in [7, 11) is 1.59. The second kappa shape index (κ2) is 3.65. The van der Waals surface area contributed by atoms with Gasteiger partial charge in [0.05, 0.1) is 7.11 Å². The number of nitrogens with two attached hydrogens (primary N) is 1. The molecule has 2 rings (SSSR count). The van der Waals surface area contributed by atoms with E-state index in [0.29, 0.717) is 5.88 Å². The molecule has 0 spiro atoms. The van der Waals surface area contributed by atoms with Gasteiger partial charge in [0.1, 0.15) is 5.69 Å². The maximum Gasteiger partial charge on any atom is 0.235 e. The molecule has 0 fully saturated rings. The summed E-state index contributed by atoms with van der Waals surface area (Å²) in [5, 5.41) is 4.22. The number of hydrogen-bond acceptors (Lipinski definition) is 3. The number of hydrogen-bond donors (Lipinski definition) is 1. The van der Waals surface area contributed by atoms with Crippen LogP contribution in [0.3, 0.4) is 0 Å². The third-order valence-electron chi connectivity index (χ3n) is 2.33. The van der Waals surface area contributed by atoms with Gasteiger partial charge in [-0.2, -0.15) is 0 Å². The minimum absolute atomic E-state index is 0.592. The Morgan fingerprint density at radius 2 is 1.93 bits per heavy atom. The van der Waals surface area contributed by atoms with Crippen LogP contribution in [0.2, 0.25) is 0 Å². The van der Waals surface area contributed by atoms with Gasteiger partial charge in [0, 0.05) is 11.1 Å². The fraction of sp³-hybridized carbons (Fsp3) is 0.182. The lowest BCUT2D eigenvalue weighted by molar-refractivity contribution is 0.376. The Bertz CT molecular complexity index is 462. The lowest BCUT2D eigenvalue weighted by Gasteiger charge is -1.99. The standard InChI is InChI=1S/C11H13N3O/c1-8-10(9-6-4-3-5-7-9)13-14(12)11(8)15-2/h3-7H,12H2,1-2H3. The van der Waals surface area contributed by atoms with Gasteiger partial charge >= 0.3 is 0 Å². The van der Waals surface area contributed by atoms with E-state index in [0.717, 1.165) is 16.8 Å². The summed E-state index contributed by atoms with van der Waals surface area (Å²) < 4.78 is 5.15. The summed E-state index contributed by atoms with van der Waals surface area (Å²) in [6.07, 6.45) is 0. The van der Waals surface area contributed by atoms with Gasteiger partial charge in [0.2, 0.25) is 5.88 Å². The fourth-order valence-electron chi connectivity index (χ4n) is 1.62. The van der Waals surface area contributed by atoms with Gasteiger partial charge in [-0.3, -0.25) is 0 Å². The predicted octanol–water partition coefficient (Wildman–Crippen LogP) is 1.58. The van der Waals surface area contributed by atoms with Gasteiger partial charge < -0.3 is 10.6 Å². The lowest BCUT2D eigenvalue weighted by Crippen LogP contribution is -2.11. The molecule has 0 aliphatic rings. The number of aromatic nitrogens is 2. The summed E-state index contributed by atoms with van der Waals surface area (Å²) in [5.41, 5.74) is 2.85. The lowest BCUT2D eigenvalue weighted by atomic mass is 10.1. The molecule has 0 aliphatic carbocycles. The molecule has 4 nitrogen and oxygen atoms in total. The zero-order chi connectivity index (χ0) is 10.8. The van der Waals surface area contributed by atoms with Crippen molar-refractivity contribution in [2.45, 2.75) is 6.92 Å². The van der Waals surface area contributed by atoms with Gasteiger partial charge in [0.25, 0.3) is 0 Å². The van der Waals surface area contributed by atoms with Gasteiger partial charge in [-0.05, 0) is 6.92 Å². The van der Waals surface area contributed by atoms with Crippen LogP contribution in [-0.4, -0.2) is 17.0 Å². The van der Waals surface area contributed by atoms with Crippen molar-refractivity contribution in [1.29, 1.82) is 0 Å². The Balaban J connectivity index is 2.55. The van der Waals surface area contributed by atoms with Gasteiger partial charge in [0.15, 0.2) is 0 Å². The van der Waals surface area contributed by atoms with E-state index in [9.17, 15) is 0 Å². The first-order chi connectivity index (χ1) is 7.24. The second-order valence-corrected chi connectivity index (χ2v) is 3.29. The van der Waals surface area contributed by atoms with E-state index in [1.54, 1.807) is 7.11 Å². The molecule has 0 bridgehead atoms. The van der Waals surface area contributed by atoms with Crippen molar-refractivity contribution >= 4 is 0 Å². The molecule has 0 amide bonds. The first-order valence-corrected chi connectivity index (χ1v) is 4.68. The van der Waals surface area contributed by atoms with E-state index in [2.05, 4.69) is 5.10 Å². The molecule has 1 aromatic heterocycles. The molecule has 15 heavy (non-hydrogen) atoms. The quantitative estimate of drug-likeness (QED) is 0.754. The summed E-state index contributed by atoms with van der Waals surface area (Å²) in [4.78, 5) is 1.26. The smallest absolute Gasteiger partial charge is 0.235 e. The highest BCUT2D eigenvalue weighted by Gasteiger charge is 2.14. The highest BCUT2D eigenvalue weighted by Crippen LogP contribution is 2.27. The molecule has 2 aromatic rings. The van der Waals surface area contributed by atoms with Crippen LogP contribution in [0, 0.1) is 6.92 Å². The summed E-state index contributed by atoms with van der Waals surface area (Å²) in [6, 6.07) is 9.90. The van der Waals surface area contributed by atoms with Gasteiger partial charge in [-0.15, -0.1) is 9.89 Å². The van der Waals surface area contributed by atoms with Crippen molar-refractivity contribution in [2.24, 2.45) is 0 Å². The van der Waals surface area contributed by atoms with Crippen molar-refractivity contribution in [2.75, 3.05) is 13.0 Å². The number of ether oxygens (including phenoxy) is 1.